The second kappa shape index (κ2) is 6.08. The number of urea groups is 1. The summed E-state index contributed by atoms with van der Waals surface area (Å²) in [5.41, 5.74) is 4.98. The average molecular weight is 284 g/mol. The monoisotopic (exact) mass is 284 g/mol. The highest BCUT2D eigenvalue weighted by Gasteiger charge is 2.33. The lowest BCUT2D eigenvalue weighted by Gasteiger charge is -2.37. The molecule has 0 bridgehead atoms. The minimum Gasteiger partial charge on any atom is -0.480 e. The van der Waals surface area contributed by atoms with Crippen LogP contribution in [0.1, 0.15) is 19.3 Å². The molecule has 0 spiro atoms. The molecule has 0 aromatic heterocycles. The van der Waals surface area contributed by atoms with E-state index in [9.17, 15) is 14.4 Å². The number of carbonyl (C=O) groups is 3. The Morgan fingerprint density at radius 1 is 1.30 bits per heavy atom. The quantitative estimate of drug-likeness (QED) is 0.600. The van der Waals surface area contributed by atoms with E-state index in [0.29, 0.717) is 19.1 Å². The Labute approximate surface area is 116 Å². The highest BCUT2D eigenvalue weighted by Crippen LogP contribution is 2.21. The molecule has 2 aliphatic heterocycles. The minimum atomic E-state index is -1.26. The van der Waals surface area contributed by atoms with Gasteiger partial charge < -0.3 is 21.1 Å². The number of nitrogens with zero attached hydrogens (tertiary/aromatic N) is 2. The molecular formula is C12H20N4O4. The molecule has 8 heteroatoms. The van der Waals surface area contributed by atoms with Crippen molar-refractivity contribution < 1.29 is 19.5 Å². The van der Waals surface area contributed by atoms with Gasteiger partial charge in [0.1, 0.15) is 6.04 Å². The van der Waals surface area contributed by atoms with Crippen LogP contribution in [-0.4, -0.2) is 71.1 Å². The summed E-state index contributed by atoms with van der Waals surface area (Å²) in [6.45, 7) is 3.06. The van der Waals surface area contributed by atoms with Crippen LogP contribution in [0.25, 0.3) is 0 Å². The number of carbonyl (C=O) groups excluding carboxylic acids is 2. The fourth-order valence-electron chi connectivity index (χ4n) is 2.82. The van der Waals surface area contributed by atoms with Gasteiger partial charge >= 0.3 is 12.0 Å². The smallest absolute Gasteiger partial charge is 0.326 e. The molecular weight excluding hydrogens is 264 g/mol. The van der Waals surface area contributed by atoms with Gasteiger partial charge in [-0.3, -0.25) is 9.69 Å². The number of hydrogen-bond acceptors (Lipinski definition) is 4. The van der Waals surface area contributed by atoms with E-state index in [-0.39, 0.29) is 0 Å². The van der Waals surface area contributed by atoms with E-state index in [1.54, 1.807) is 4.90 Å². The van der Waals surface area contributed by atoms with Crippen LogP contribution in [0.5, 0.6) is 0 Å². The fraction of sp³-hybridized carbons (Fsp3) is 0.750. The number of hydrogen-bond donors (Lipinski definition) is 3. The van der Waals surface area contributed by atoms with Gasteiger partial charge in [-0.05, 0) is 19.4 Å². The highest BCUT2D eigenvalue weighted by molar-refractivity contribution is 5.87. The molecule has 0 saturated carbocycles. The van der Waals surface area contributed by atoms with Crippen molar-refractivity contribution in [1.29, 1.82) is 0 Å². The van der Waals surface area contributed by atoms with Gasteiger partial charge in [0.2, 0.25) is 5.91 Å². The molecule has 2 fully saturated rings. The van der Waals surface area contributed by atoms with Crippen LogP contribution in [0.3, 0.4) is 0 Å². The number of primary amides is 1. The number of nitrogens with one attached hydrogen (secondary N) is 1. The molecule has 20 heavy (non-hydrogen) atoms. The summed E-state index contributed by atoms with van der Waals surface area (Å²) in [7, 11) is 0. The van der Waals surface area contributed by atoms with E-state index in [2.05, 4.69) is 10.2 Å². The normalized spacial score (nSPS) is 24.0. The standard InChI is InChI=1S/C12H20N4O4/c13-10(17)6-9(11(18)19)14-12(20)16-5-4-15-3-1-2-8(15)7-16/h8-9H,1-7H2,(H2,13,17)(H,14,20)(H,18,19)/t8?,9-/m0/s1. The molecule has 2 atom stereocenters. The minimum absolute atomic E-state index is 0.369. The van der Waals surface area contributed by atoms with Crippen molar-refractivity contribution in [2.24, 2.45) is 5.73 Å². The summed E-state index contributed by atoms with van der Waals surface area (Å²) < 4.78 is 0. The highest BCUT2D eigenvalue weighted by atomic mass is 16.4. The van der Waals surface area contributed by atoms with E-state index >= 15 is 0 Å². The van der Waals surface area contributed by atoms with Gasteiger partial charge in [0.25, 0.3) is 0 Å². The van der Waals surface area contributed by atoms with Gasteiger partial charge in [0, 0.05) is 25.7 Å². The van der Waals surface area contributed by atoms with Crippen LogP contribution in [-0.2, 0) is 9.59 Å². The lowest BCUT2D eigenvalue weighted by Crippen LogP contribution is -2.57. The Hall–Kier alpha value is -1.83. The van der Waals surface area contributed by atoms with Crippen molar-refractivity contribution in [1.82, 2.24) is 15.1 Å². The van der Waals surface area contributed by atoms with Crippen molar-refractivity contribution in [3.8, 4) is 0 Å². The number of fused-ring (bicyclic) bond motifs is 1. The average Bonchev–Trinajstić information content (AvgIpc) is 2.84. The summed E-state index contributed by atoms with van der Waals surface area (Å²) in [6, 6.07) is -1.33. The summed E-state index contributed by atoms with van der Waals surface area (Å²) >= 11 is 0. The van der Waals surface area contributed by atoms with Gasteiger partial charge in [0.15, 0.2) is 0 Å². The van der Waals surface area contributed by atoms with Gasteiger partial charge in [-0.15, -0.1) is 0 Å². The first-order chi connectivity index (χ1) is 9.47. The van der Waals surface area contributed by atoms with Gasteiger partial charge in [-0.2, -0.15) is 0 Å². The molecule has 112 valence electrons. The second-order valence-electron chi connectivity index (χ2n) is 5.29. The first kappa shape index (κ1) is 14.6. The van der Waals surface area contributed by atoms with E-state index in [1.807, 2.05) is 0 Å². The Morgan fingerprint density at radius 2 is 2.05 bits per heavy atom. The first-order valence-electron chi connectivity index (χ1n) is 6.78. The first-order valence-corrected chi connectivity index (χ1v) is 6.78. The third-order valence-electron chi connectivity index (χ3n) is 3.88. The molecule has 2 rings (SSSR count). The fourth-order valence-corrected chi connectivity index (χ4v) is 2.82. The lowest BCUT2D eigenvalue weighted by molar-refractivity contribution is -0.141. The predicted octanol–water partition coefficient (Wildman–Crippen LogP) is -1.20. The second-order valence-corrected chi connectivity index (χ2v) is 5.29. The Morgan fingerprint density at radius 3 is 2.70 bits per heavy atom. The number of carboxylic acid groups (broad SMARTS) is 1. The van der Waals surface area contributed by atoms with Crippen molar-refractivity contribution in [2.45, 2.75) is 31.3 Å². The van der Waals surface area contributed by atoms with Crippen LogP contribution >= 0.6 is 0 Å². The summed E-state index contributed by atoms with van der Waals surface area (Å²) in [4.78, 5) is 37.8. The molecule has 4 N–H and O–H groups in total. The van der Waals surface area contributed by atoms with Crippen molar-refractivity contribution >= 4 is 17.9 Å². The number of rotatable bonds is 4. The van der Waals surface area contributed by atoms with Gasteiger partial charge in [0.05, 0.1) is 6.42 Å². The zero-order chi connectivity index (χ0) is 14.7. The van der Waals surface area contributed by atoms with E-state index < -0.39 is 30.4 Å². The predicted molar refractivity (Wildman–Crippen MR) is 69.9 cm³/mol. The van der Waals surface area contributed by atoms with Crippen LogP contribution in [0, 0.1) is 0 Å². The largest absolute Gasteiger partial charge is 0.480 e. The van der Waals surface area contributed by atoms with Crippen molar-refractivity contribution in [3.05, 3.63) is 0 Å². The lowest BCUT2D eigenvalue weighted by atomic mass is 10.1. The van der Waals surface area contributed by atoms with Crippen molar-refractivity contribution in [3.63, 3.8) is 0 Å². The molecule has 0 aromatic carbocycles. The van der Waals surface area contributed by atoms with Crippen molar-refractivity contribution in [2.75, 3.05) is 26.2 Å². The molecule has 0 aromatic rings. The SMILES string of the molecule is NC(=O)C[C@H](NC(=O)N1CCN2CCCC2C1)C(=O)O. The molecule has 0 aliphatic carbocycles. The summed E-state index contributed by atoms with van der Waals surface area (Å²) in [5, 5.41) is 11.3. The molecule has 8 nitrogen and oxygen atoms in total. The van der Waals surface area contributed by atoms with Gasteiger partial charge in [-0.25, -0.2) is 9.59 Å². The zero-order valence-electron chi connectivity index (χ0n) is 11.2. The maximum absolute atomic E-state index is 12.1. The molecule has 1 unspecified atom stereocenters. The van der Waals surface area contributed by atoms with Crippen LogP contribution in [0.4, 0.5) is 4.79 Å². The topological polar surface area (TPSA) is 116 Å². The van der Waals surface area contributed by atoms with Crippen LogP contribution < -0.4 is 11.1 Å². The molecule has 2 saturated heterocycles. The Bertz CT molecular complexity index is 414. The molecule has 2 heterocycles. The zero-order valence-corrected chi connectivity index (χ0v) is 11.2. The Kier molecular flexibility index (Phi) is 4.43. The Balaban J connectivity index is 1.90. The number of aliphatic carboxylic acids is 1. The number of amides is 3. The van der Waals surface area contributed by atoms with E-state index in [4.69, 9.17) is 10.8 Å². The van der Waals surface area contributed by atoms with Crippen LogP contribution in [0.2, 0.25) is 0 Å². The maximum atomic E-state index is 12.1. The maximum Gasteiger partial charge on any atom is 0.326 e. The third-order valence-corrected chi connectivity index (χ3v) is 3.88. The van der Waals surface area contributed by atoms with Crippen LogP contribution in [0.15, 0.2) is 0 Å². The number of carboxylic acids is 1. The summed E-state index contributed by atoms with van der Waals surface area (Å²) in [5.74, 6) is -2.00. The number of piperazine rings is 1. The number of nitrogens with two attached hydrogens (primary N) is 1. The van der Waals surface area contributed by atoms with E-state index in [1.165, 1.54) is 0 Å². The third kappa shape index (κ3) is 3.38. The molecule has 2 aliphatic rings. The van der Waals surface area contributed by atoms with E-state index in [0.717, 1.165) is 25.9 Å². The summed E-state index contributed by atoms with van der Waals surface area (Å²) in [6.07, 6.45) is 1.80. The van der Waals surface area contributed by atoms with Gasteiger partial charge in [-0.1, -0.05) is 0 Å². The molecule has 3 amide bonds. The molecule has 0 radical (unpaired) electrons.